The lowest BCUT2D eigenvalue weighted by Gasteiger charge is -2.25. The van der Waals surface area contributed by atoms with Gasteiger partial charge in [0.05, 0.1) is 33.5 Å². The van der Waals surface area contributed by atoms with Crippen molar-refractivity contribution in [2.75, 3.05) is 11.9 Å². The third-order valence-electron chi connectivity index (χ3n) is 5.97. The van der Waals surface area contributed by atoms with Crippen molar-refractivity contribution >= 4 is 40.6 Å². The summed E-state index contributed by atoms with van der Waals surface area (Å²) in [4.78, 5) is 32.5. The molecule has 6 nitrogen and oxygen atoms in total. The van der Waals surface area contributed by atoms with Crippen LogP contribution in [-0.4, -0.2) is 17.1 Å². The molecule has 5 rings (SSSR count). The highest BCUT2D eigenvalue weighted by molar-refractivity contribution is 7.07. The van der Waals surface area contributed by atoms with E-state index in [4.69, 9.17) is 16.3 Å². The van der Waals surface area contributed by atoms with Gasteiger partial charge in [-0.25, -0.2) is 4.99 Å². The van der Waals surface area contributed by atoms with Crippen LogP contribution >= 0.6 is 22.9 Å². The van der Waals surface area contributed by atoms with Gasteiger partial charge < -0.3 is 10.1 Å². The second kappa shape index (κ2) is 10.6. The van der Waals surface area contributed by atoms with E-state index in [0.717, 1.165) is 11.1 Å². The zero-order valence-corrected chi connectivity index (χ0v) is 21.8. The molecule has 1 aliphatic rings. The van der Waals surface area contributed by atoms with Crippen LogP contribution in [0.5, 0.6) is 5.75 Å². The minimum absolute atomic E-state index is 0.222. The van der Waals surface area contributed by atoms with E-state index in [1.54, 1.807) is 29.7 Å². The molecule has 0 bridgehead atoms. The van der Waals surface area contributed by atoms with Gasteiger partial charge >= 0.3 is 0 Å². The average Bonchev–Trinajstić information content (AvgIpc) is 3.20. The van der Waals surface area contributed by atoms with Crippen molar-refractivity contribution in [3.05, 3.63) is 126 Å². The summed E-state index contributed by atoms with van der Waals surface area (Å²) in [7, 11) is 0. The number of benzene rings is 3. The van der Waals surface area contributed by atoms with Crippen LogP contribution in [0.15, 0.2) is 99.9 Å². The number of nitrogens with one attached hydrogen (secondary N) is 1. The number of carbonyl (C=O) groups is 1. The van der Waals surface area contributed by atoms with Crippen LogP contribution < -0.4 is 24.9 Å². The average molecular weight is 530 g/mol. The minimum atomic E-state index is -0.618. The Morgan fingerprint density at radius 1 is 1.11 bits per heavy atom. The molecule has 0 fully saturated rings. The predicted molar refractivity (Wildman–Crippen MR) is 148 cm³/mol. The quantitative estimate of drug-likeness (QED) is 0.385. The third-order valence-corrected chi connectivity index (χ3v) is 7.25. The van der Waals surface area contributed by atoms with Gasteiger partial charge in [-0.15, -0.1) is 0 Å². The van der Waals surface area contributed by atoms with E-state index in [1.807, 2.05) is 73.7 Å². The smallest absolute Gasteiger partial charge is 0.271 e. The molecule has 1 N–H and O–H groups in total. The molecule has 4 aromatic rings. The molecule has 0 unspecified atom stereocenters. The van der Waals surface area contributed by atoms with Crippen molar-refractivity contribution in [3.63, 3.8) is 0 Å². The maximum atomic E-state index is 13.8. The lowest BCUT2D eigenvalue weighted by Crippen LogP contribution is -2.40. The lowest BCUT2D eigenvalue weighted by molar-refractivity contribution is -0.113. The highest BCUT2D eigenvalue weighted by Gasteiger charge is 2.32. The number of allylic oxidation sites excluding steroid dienone is 1. The van der Waals surface area contributed by atoms with Crippen LogP contribution in [0.1, 0.15) is 31.0 Å². The molecule has 1 atom stereocenters. The molecule has 0 aliphatic carbocycles. The Hall–Kier alpha value is -3.94. The Morgan fingerprint density at radius 3 is 2.49 bits per heavy atom. The number of anilines is 1. The van der Waals surface area contributed by atoms with E-state index >= 15 is 0 Å². The van der Waals surface area contributed by atoms with Crippen molar-refractivity contribution in [2.24, 2.45) is 4.99 Å². The number of nitrogens with zero attached hydrogens (tertiary/aromatic N) is 2. The number of aromatic nitrogens is 1. The van der Waals surface area contributed by atoms with E-state index in [2.05, 4.69) is 10.3 Å². The zero-order chi connectivity index (χ0) is 25.9. The van der Waals surface area contributed by atoms with Crippen LogP contribution in [0.3, 0.4) is 0 Å². The number of hydrogen-bond acceptors (Lipinski definition) is 5. The summed E-state index contributed by atoms with van der Waals surface area (Å²) in [5.74, 6) is 0.297. The first-order valence-electron chi connectivity index (χ1n) is 11.8. The summed E-state index contributed by atoms with van der Waals surface area (Å²) in [5, 5.41) is 3.43. The highest BCUT2D eigenvalue weighted by Crippen LogP contribution is 2.31. The van der Waals surface area contributed by atoms with Crippen LogP contribution in [0, 0.1) is 0 Å². The number of amides is 1. The number of halogens is 1. The molecule has 8 heteroatoms. The molecule has 0 saturated carbocycles. The van der Waals surface area contributed by atoms with E-state index in [-0.39, 0.29) is 11.5 Å². The fourth-order valence-electron chi connectivity index (χ4n) is 4.31. The second-order valence-corrected chi connectivity index (χ2v) is 9.85. The standard InChI is InChI=1S/C29H24ClN3O3S/c1-3-36-23-15-14-19(16-22(23)30)17-24-28(35)33-26(20-10-6-4-7-11-20)25(18(2)31-29(33)37-24)27(34)32-21-12-8-5-9-13-21/h4-17,26H,3H2,1-2H3,(H,32,34)/b24-17+/t26-/m1/s1. The van der Waals surface area contributed by atoms with Gasteiger partial charge in [0.25, 0.3) is 11.5 Å². The van der Waals surface area contributed by atoms with Gasteiger partial charge in [0.1, 0.15) is 5.75 Å². The molecular weight excluding hydrogens is 506 g/mol. The number of para-hydroxylation sites is 1. The first-order chi connectivity index (χ1) is 18.0. The molecule has 2 heterocycles. The Kier molecular flexibility index (Phi) is 7.08. The molecule has 1 amide bonds. The number of fused-ring (bicyclic) bond motifs is 1. The third kappa shape index (κ3) is 5.01. The fourth-order valence-corrected chi connectivity index (χ4v) is 5.60. The topological polar surface area (TPSA) is 72.7 Å². The SMILES string of the molecule is CCOc1ccc(/C=c2/sc3n(c2=O)[C@H](c2ccccc2)C(C(=O)Nc2ccccc2)=C(C)N=3)cc1Cl. The van der Waals surface area contributed by atoms with Crippen LogP contribution in [0.4, 0.5) is 5.69 Å². The summed E-state index contributed by atoms with van der Waals surface area (Å²) in [5.41, 5.74) is 3.04. The number of hydrogen-bond donors (Lipinski definition) is 1. The molecular formula is C29H24ClN3O3S. The van der Waals surface area contributed by atoms with E-state index < -0.39 is 6.04 Å². The normalized spacial score (nSPS) is 15.2. The second-order valence-electron chi connectivity index (χ2n) is 8.44. The number of carbonyl (C=O) groups excluding carboxylic acids is 1. The van der Waals surface area contributed by atoms with Crippen LogP contribution in [-0.2, 0) is 4.79 Å². The Balaban J connectivity index is 1.63. The van der Waals surface area contributed by atoms with E-state index in [9.17, 15) is 9.59 Å². The summed E-state index contributed by atoms with van der Waals surface area (Å²) in [6, 6.07) is 23.6. The highest BCUT2D eigenvalue weighted by atomic mass is 35.5. The molecule has 1 aliphatic heterocycles. The monoisotopic (exact) mass is 529 g/mol. The van der Waals surface area contributed by atoms with Gasteiger partial charge in [0, 0.05) is 5.69 Å². The summed E-state index contributed by atoms with van der Waals surface area (Å²) >= 11 is 7.65. The van der Waals surface area contributed by atoms with Gasteiger partial charge in [-0.2, -0.15) is 0 Å². The molecule has 0 radical (unpaired) electrons. The number of ether oxygens (including phenoxy) is 1. The molecule has 0 saturated heterocycles. The molecule has 186 valence electrons. The number of rotatable bonds is 6. The zero-order valence-electron chi connectivity index (χ0n) is 20.3. The van der Waals surface area contributed by atoms with Gasteiger partial charge in [0.15, 0.2) is 4.80 Å². The Morgan fingerprint density at radius 2 is 1.81 bits per heavy atom. The first-order valence-corrected chi connectivity index (χ1v) is 13.0. The maximum Gasteiger partial charge on any atom is 0.271 e. The molecule has 37 heavy (non-hydrogen) atoms. The van der Waals surface area contributed by atoms with Gasteiger partial charge in [-0.3, -0.25) is 14.2 Å². The van der Waals surface area contributed by atoms with Crippen molar-refractivity contribution in [2.45, 2.75) is 19.9 Å². The summed E-state index contributed by atoms with van der Waals surface area (Å²) in [6.07, 6.45) is 1.79. The van der Waals surface area contributed by atoms with Gasteiger partial charge in [-0.05, 0) is 55.3 Å². The minimum Gasteiger partial charge on any atom is -0.492 e. The summed E-state index contributed by atoms with van der Waals surface area (Å²) in [6.45, 7) is 4.21. The van der Waals surface area contributed by atoms with Crippen molar-refractivity contribution < 1.29 is 9.53 Å². The van der Waals surface area contributed by atoms with Crippen molar-refractivity contribution in [1.82, 2.24) is 4.57 Å². The molecule has 0 spiro atoms. The predicted octanol–water partition coefficient (Wildman–Crippen LogP) is 4.93. The maximum absolute atomic E-state index is 13.8. The van der Waals surface area contributed by atoms with Crippen LogP contribution in [0.25, 0.3) is 6.08 Å². The Labute approximate surface area is 222 Å². The largest absolute Gasteiger partial charge is 0.492 e. The Bertz CT molecular complexity index is 1680. The van der Waals surface area contributed by atoms with E-state index in [0.29, 0.717) is 43.7 Å². The lowest BCUT2D eigenvalue weighted by atomic mass is 9.95. The van der Waals surface area contributed by atoms with Gasteiger partial charge in [0.2, 0.25) is 0 Å². The first kappa shape index (κ1) is 24.7. The van der Waals surface area contributed by atoms with Gasteiger partial charge in [-0.1, -0.05) is 77.5 Å². The van der Waals surface area contributed by atoms with E-state index in [1.165, 1.54) is 11.3 Å². The van der Waals surface area contributed by atoms with Crippen molar-refractivity contribution in [1.29, 1.82) is 0 Å². The fraction of sp³-hybridized carbons (Fsp3) is 0.138. The van der Waals surface area contributed by atoms with Crippen molar-refractivity contribution in [3.8, 4) is 5.75 Å². The molecule has 1 aromatic heterocycles. The summed E-state index contributed by atoms with van der Waals surface area (Å²) < 4.78 is 7.62. The van der Waals surface area contributed by atoms with Crippen LogP contribution in [0.2, 0.25) is 5.02 Å². The molecule has 3 aromatic carbocycles. The number of thiazole rings is 1.